The van der Waals surface area contributed by atoms with Gasteiger partial charge in [0.05, 0.1) is 0 Å². The molecule has 1 heterocycles. The van der Waals surface area contributed by atoms with Crippen molar-refractivity contribution in [3.05, 3.63) is 0 Å². The van der Waals surface area contributed by atoms with Crippen molar-refractivity contribution in [1.82, 2.24) is 10.2 Å². The first-order valence-electron chi connectivity index (χ1n) is 7.18. The van der Waals surface area contributed by atoms with E-state index in [1.807, 2.05) is 0 Å². The van der Waals surface area contributed by atoms with E-state index in [4.69, 9.17) is 0 Å². The number of piperazine rings is 1. The van der Waals surface area contributed by atoms with Crippen molar-refractivity contribution in [2.24, 2.45) is 11.8 Å². The van der Waals surface area contributed by atoms with Crippen LogP contribution in [0.5, 0.6) is 0 Å². The van der Waals surface area contributed by atoms with Crippen LogP contribution in [0.3, 0.4) is 0 Å². The van der Waals surface area contributed by atoms with E-state index in [2.05, 4.69) is 24.1 Å². The van der Waals surface area contributed by atoms with Gasteiger partial charge in [0.15, 0.2) is 0 Å². The summed E-state index contributed by atoms with van der Waals surface area (Å²) < 4.78 is 0. The Hall–Kier alpha value is -0.0800. The molecule has 0 amide bonds. The van der Waals surface area contributed by atoms with Crippen molar-refractivity contribution < 1.29 is 0 Å². The lowest BCUT2D eigenvalue weighted by Gasteiger charge is -2.47. The molecule has 2 saturated carbocycles. The van der Waals surface area contributed by atoms with Crippen molar-refractivity contribution in [2.75, 3.05) is 19.6 Å². The Kier molecular flexibility index (Phi) is 2.75. The minimum atomic E-state index is 0.427. The van der Waals surface area contributed by atoms with Gasteiger partial charge in [-0.3, -0.25) is 4.90 Å². The maximum absolute atomic E-state index is 3.78. The van der Waals surface area contributed by atoms with Gasteiger partial charge < -0.3 is 5.32 Å². The third kappa shape index (κ3) is 1.91. The van der Waals surface area contributed by atoms with E-state index >= 15 is 0 Å². The molecule has 0 radical (unpaired) electrons. The zero-order chi connectivity index (χ0) is 11.2. The molecule has 0 bridgehead atoms. The van der Waals surface area contributed by atoms with Crippen LogP contribution in [0.15, 0.2) is 0 Å². The lowest BCUT2D eigenvalue weighted by molar-refractivity contribution is 0.0473. The molecule has 1 saturated heterocycles. The monoisotopic (exact) mass is 222 g/mol. The molecule has 16 heavy (non-hydrogen) atoms. The highest BCUT2D eigenvalue weighted by Gasteiger charge is 2.45. The van der Waals surface area contributed by atoms with E-state index < -0.39 is 0 Å². The molecule has 0 aromatic heterocycles. The summed E-state index contributed by atoms with van der Waals surface area (Å²) in [5.41, 5.74) is 0.427. The van der Waals surface area contributed by atoms with Gasteiger partial charge in [0.2, 0.25) is 0 Å². The largest absolute Gasteiger partial charge is 0.309 e. The van der Waals surface area contributed by atoms with Gasteiger partial charge in [-0.2, -0.15) is 0 Å². The number of hydrogen-bond acceptors (Lipinski definition) is 2. The number of rotatable bonds is 3. The van der Waals surface area contributed by atoms with Gasteiger partial charge in [-0.05, 0) is 51.4 Å². The lowest BCUT2D eigenvalue weighted by Crippen LogP contribution is -2.62. The number of nitrogens with zero attached hydrogens (tertiary/aromatic N) is 1. The van der Waals surface area contributed by atoms with E-state index in [9.17, 15) is 0 Å². The first-order valence-corrected chi connectivity index (χ1v) is 7.18. The molecular formula is C14H26N2. The molecule has 0 spiro atoms. The van der Waals surface area contributed by atoms with Crippen molar-refractivity contribution in [1.29, 1.82) is 0 Å². The Morgan fingerprint density at radius 3 is 2.56 bits per heavy atom. The van der Waals surface area contributed by atoms with E-state index in [0.29, 0.717) is 5.54 Å². The van der Waals surface area contributed by atoms with Gasteiger partial charge >= 0.3 is 0 Å². The maximum Gasteiger partial charge on any atom is 0.0309 e. The van der Waals surface area contributed by atoms with Gasteiger partial charge in [0.1, 0.15) is 0 Å². The molecule has 92 valence electrons. The maximum atomic E-state index is 3.78. The Bertz CT molecular complexity index is 257. The Balaban J connectivity index is 1.62. The summed E-state index contributed by atoms with van der Waals surface area (Å²) in [7, 11) is 0. The second-order valence-electron chi connectivity index (χ2n) is 6.52. The van der Waals surface area contributed by atoms with Crippen molar-refractivity contribution in [3.63, 3.8) is 0 Å². The highest BCUT2D eigenvalue weighted by atomic mass is 15.2. The van der Waals surface area contributed by atoms with Gasteiger partial charge in [-0.25, -0.2) is 0 Å². The minimum absolute atomic E-state index is 0.427. The molecule has 0 aromatic rings. The number of nitrogens with one attached hydrogen (secondary N) is 1. The van der Waals surface area contributed by atoms with Gasteiger partial charge in [0, 0.05) is 31.2 Å². The SMILES string of the molecule is CC(C1CCC1)N1CCNC(C)(C2CC2)C1. The Morgan fingerprint density at radius 2 is 2.00 bits per heavy atom. The van der Waals surface area contributed by atoms with Crippen LogP contribution in [0.1, 0.15) is 46.0 Å². The zero-order valence-corrected chi connectivity index (χ0v) is 10.8. The van der Waals surface area contributed by atoms with Crippen LogP contribution in [0, 0.1) is 11.8 Å². The second-order valence-corrected chi connectivity index (χ2v) is 6.52. The quantitative estimate of drug-likeness (QED) is 0.788. The molecule has 3 fully saturated rings. The highest BCUT2D eigenvalue weighted by molar-refractivity contribution is 5.03. The topological polar surface area (TPSA) is 15.3 Å². The zero-order valence-electron chi connectivity index (χ0n) is 10.8. The van der Waals surface area contributed by atoms with E-state index in [-0.39, 0.29) is 0 Å². The molecule has 0 aromatic carbocycles. The van der Waals surface area contributed by atoms with Crippen LogP contribution in [-0.2, 0) is 0 Å². The average Bonchev–Trinajstić information content (AvgIpc) is 2.98. The van der Waals surface area contributed by atoms with Crippen LogP contribution in [0.2, 0.25) is 0 Å². The third-order valence-corrected chi connectivity index (χ3v) is 5.35. The van der Waals surface area contributed by atoms with E-state index in [0.717, 1.165) is 17.9 Å². The molecule has 3 rings (SSSR count). The summed E-state index contributed by atoms with van der Waals surface area (Å²) in [6, 6.07) is 0.828. The lowest BCUT2D eigenvalue weighted by atomic mass is 9.79. The first kappa shape index (κ1) is 11.0. The normalized spacial score (nSPS) is 39.4. The fourth-order valence-electron chi connectivity index (χ4n) is 3.60. The van der Waals surface area contributed by atoms with Crippen molar-refractivity contribution in [3.8, 4) is 0 Å². The molecule has 2 nitrogen and oxygen atoms in total. The first-order chi connectivity index (χ1) is 7.69. The van der Waals surface area contributed by atoms with Gasteiger partial charge in [0.25, 0.3) is 0 Å². The summed E-state index contributed by atoms with van der Waals surface area (Å²) in [6.07, 6.45) is 7.34. The summed E-state index contributed by atoms with van der Waals surface area (Å²) >= 11 is 0. The highest BCUT2D eigenvalue weighted by Crippen LogP contribution is 2.42. The fraction of sp³-hybridized carbons (Fsp3) is 1.00. The molecule has 2 aliphatic carbocycles. The smallest absolute Gasteiger partial charge is 0.0309 e. The Labute approximate surface area is 99.8 Å². The van der Waals surface area contributed by atoms with Crippen LogP contribution in [-0.4, -0.2) is 36.1 Å². The third-order valence-electron chi connectivity index (χ3n) is 5.35. The molecule has 2 heteroatoms. The predicted octanol–water partition coefficient (Wildman–Crippen LogP) is 2.25. The summed E-state index contributed by atoms with van der Waals surface area (Å²) in [5, 5.41) is 3.78. The molecule has 2 unspecified atom stereocenters. The fourth-order valence-corrected chi connectivity index (χ4v) is 3.60. The molecular weight excluding hydrogens is 196 g/mol. The minimum Gasteiger partial charge on any atom is -0.309 e. The van der Waals surface area contributed by atoms with Gasteiger partial charge in [-0.15, -0.1) is 0 Å². The average molecular weight is 222 g/mol. The standard InChI is InChI=1S/C14H26N2/c1-11(12-4-3-5-12)16-9-8-15-14(2,10-16)13-6-7-13/h11-13,15H,3-10H2,1-2H3. The molecule has 1 aliphatic heterocycles. The van der Waals surface area contributed by atoms with Crippen LogP contribution in [0.4, 0.5) is 0 Å². The Morgan fingerprint density at radius 1 is 1.25 bits per heavy atom. The number of hydrogen-bond donors (Lipinski definition) is 1. The second kappa shape index (κ2) is 3.99. The van der Waals surface area contributed by atoms with Crippen molar-refractivity contribution in [2.45, 2.75) is 57.5 Å². The van der Waals surface area contributed by atoms with Crippen LogP contribution >= 0.6 is 0 Å². The molecule has 3 aliphatic rings. The molecule has 1 N–H and O–H groups in total. The van der Waals surface area contributed by atoms with Crippen LogP contribution in [0.25, 0.3) is 0 Å². The van der Waals surface area contributed by atoms with Crippen molar-refractivity contribution >= 4 is 0 Å². The summed E-state index contributed by atoms with van der Waals surface area (Å²) in [4.78, 5) is 2.76. The summed E-state index contributed by atoms with van der Waals surface area (Å²) in [6.45, 7) is 8.66. The molecule has 2 atom stereocenters. The van der Waals surface area contributed by atoms with Crippen LogP contribution < -0.4 is 5.32 Å². The predicted molar refractivity (Wildman–Crippen MR) is 67.5 cm³/mol. The van der Waals surface area contributed by atoms with Gasteiger partial charge in [-0.1, -0.05) is 6.42 Å². The summed E-state index contributed by atoms with van der Waals surface area (Å²) in [5.74, 6) is 1.96. The van der Waals surface area contributed by atoms with E-state index in [1.165, 1.54) is 51.7 Å². The van der Waals surface area contributed by atoms with E-state index in [1.54, 1.807) is 0 Å².